The van der Waals surface area contributed by atoms with Gasteiger partial charge in [-0.25, -0.2) is 0 Å². The second kappa shape index (κ2) is 13.4. The molecule has 57 heavy (non-hydrogen) atoms. The highest BCUT2D eigenvalue weighted by Crippen LogP contribution is 2.62. The Hall–Kier alpha value is -7.42. The van der Waals surface area contributed by atoms with Gasteiger partial charge in [-0.3, -0.25) is 0 Å². The lowest BCUT2D eigenvalue weighted by Crippen LogP contribution is -2.28. The quantitative estimate of drug-likeness (QED) is 0.163. The van der Waals surface area contributed by atoms with E-state index in [4.69, 9.17) is 4.42 Å². The maximum atomic E-state index is 7.12. The molecule has 2 nitrogen and oxygen atoms in total. The first kappa shape index (κ1) is 33.0. The molecule has 0 N–H and O–H groups in total. The van der Waals surface area contributed by atoms with Crippen molar-refractivity contribution in [1.82, 2.24) is 0 Å². The van der Waals surface area contributed by atoms with Crippen molar-refractivity contribution in [1.29, 1.82) is 0 Å². The molecule has 1 aliphatic rings. The van der Waals surface area contributed by atoms with E-state index in [1.807, 2.05) is 0 Å². The summed E-state index contributed by atoms with van der Waals surface area (Å²) in [5, 5.41) is 2.17. The minimum Gasteiger partial charge on any atom is -0.456 e. The van der Waals surface area contributed by atoms with Crippen LogP contribution in [0.4, 0.5) is 17.1 Å². The van der Waals surface area contributed by atoms with E-state index in [2.05, 4.69) is 229 Å². The average molecular weight is 728 g/mol. The molecule has 0 amide bonds. The lowest BCUT2D eigenvalue weighted by Gasteiger charge is -2.34. The van der Waals surface area contributed by atoms with E-state index in [0.29, 0.717) is 0 Å². The molecule has 0 saturated carbocycles. The number of nitrogens with zero attached hydrogens (tertiary/aromatic N) is 1. The number of anilines is 3. The average Bonchev–Trinajstić information content (AvgIpc) is 3.81. The first-order valence-corrected chi connectivity index (χ1v) is 19.6. The molecule has 0 atom stereocenters. The fourth-order valence-electron chi connectivity index (χ4n) is 9.28. The molecule has 0 fully saturated rings. The molecule has 0 aliphatic heterocycles. The van der Waals surface area contributed by atoms with Gasteiger partial charge in [0.05, 0.1) is 16.5 Å². The second-order valence-electron chi connectivity index (χ2n) is 14.8. The van der Waals surface area contributed by atoms with Crippen molar-refractivity contribution in [2.45, 2.75) is 5.41 Å². The van der Waals surface area contributed by atoms with Crippen LogP contribution in [0.3, 0.4) is 0 Å². The molecule has 1 aromatic heterocycles. The number of hydrogen-bond donors (Lipinski definition) is 0. The molecule has 268 valence electrons. The SMILES string of the molecule is c1ccc(-c2ccc(N(c3ccccc3)c3c4c(cc5oc6cc(-c7ccccc7)ccc6c35)C(c3ccccc3)(c3ccccc3)c3ccccc3-4)cc2)cc1. The molecule has 10 aromatic rings. The van der Waals surface area contributed by atoms with Crippen LogP contribution in [0.15, 0.2) is 229 Å². The van der Waals surface area contributed by atoms with Crippen LogP contribution in [0.2, 0.25) is 0 Å². The topological polar surface area (TPSA) is 16.4 Å². The van der Waals surface area contributed by atoms with E-state index in [9.17, 15) is 0 Å². The molecular weight excluding hydrogens is 691 g/mol. The zero-order valence-electron chi connectivity index (χ0n) is 31.2. The van der Waals surface area contributed by atoms with E-state index in [-0.39, 0.29) is 0 Å². The van der Waals surface area contributed by atoms with Crippen molar-refractivity contribution >= 4 is 39.0 Å². The summed E-state index contributed by atoms with van der Waals surface area (Å²) in [7, 11) is 0. The third-order valence-electron chi connectivity index (χ3n) is 11.7. The van der Waals surface area contributed by atoms with Crippen LogP contribution in [0.25, 0.3) is 55.3 Å². The Morgan fingerprint density at radius 2 is 0.860 bits per heavy atom. The summed E-state index contributed by atoms with van der Waals surface area (Å²) in [6.07, 6.45) is 0. The summed E-state index contributed by atoms with van der Waals surface area (Å²) in [5.41, 5.74) is 16.3. The molecule has 0 saturated heterocycles. The highest BCUT2D eigenvalue weighted by atomic mass is 16.3. The van der Waals surface area contributed by atoms with E-state index in [0.717, 1.165) is 50.1 Å². The molecule has 9 aromatic carbocycles. The zero-order valence-corrected chi connectivity index (χ0v) is 31.2. The molecule has 0 unspecified atom stereocenters. The lowest BCUT2D eigenvalue weighted by atomic mass is 9.67. The van der Waals surface area contributed by atoms with Crippen LogP contribution in [0, 0.1) is 0 Å². The molecule has 1 aliphatic carbocycles. The predicted octanol–water partition coefficient (Wildman–Crippen LogP) is 14.8. The standard InChI is InChI=1S/C55H37NO/c1-6-18-38(19-7-1)40-30-33-45(34-31-40)56(44-26-14-5-15-27-44)54-52-46-28-16-17-29-48(46)55(42-22-10-3-11-23-42,43-24-12-4-13-25-43)49(52)37-51-53(54)47-35-32-41(36-50(47)57-51)39-20-8-2-9-21-39/h1-37H. The monoisotopic (exact) mass is 727 g/mol. The van der Waals surface area contributed by atoms with E-state index < -0.39 is 5.41 Å². The Labute approximate surface area is 332 Å². The fourth-order valence-corrected chi connectivity index (χ4v) is 9.28. The number of fused-ring (bicyclic) bond motifs is 6. The van der Waals surface area contributed by atoms with Gasteiger partial charge in [-0.2, -0.15) is 0 Å². The molecule has 0 spiro atoms. The van der Waals surface area contributed by atoms with Gasteiger partial charge in [-0.1, -0.05) is 182 Å². The van der Waals surface area contributed by atoms with Crippen molar-refractivity contribution in [2.75, 3.05) is 4.90 Å². The number of para-hydroxylation sites is 1. The van der Waals surface area contributed by atoms with Gasteiger partial charge in [0.15, 0.2) is 0 Å². The largest absolute Gasteiger partial charge is 0.456 e. The minimum absolute atomic E-state index is 0.606. The molecule has 2 heteroatoms. The number of hydrogen-bond acceptors (Lipinski definition) is 2. The Morgan fingerprint density at radius 3 is 1.49 bits per heavy atom. The van der Waals surface area contributed by atoms with Crippen molar-refractivity contribution in [2.24, 2.45) is 0 Å². The predicted molar refractivity (Wildman–Crippen MR) is 237 cm³/mol. The van der Waals surface area contributed by atoms with Gasteiger partial charge in [-0.15, -0.1) is 0 Å². The van der Waals surface area contributed by atoms with Crippen LogP contribution in [0.5, 0.6) is 0 Å². The van der Waals surface area contributed by atoms with Gasteiger partial charge < -0.3 is 9.32 Å². The van der Waals surface area contributed by atoms with Gasteiger partial charge in [0.1, 0.15) is 11.2 Å². The van der Waals surface area contributed by atoms with Crippen molar-refractivity contribution < 1.29 is 4.42 Å². The van der Waals surface area contributed by atoms with E-state index in [1.165, 1.54) is 44.5 Å². The van der Waals surface area contributed by atoms with Crippen LogP contribution in [-0.2, 0) is 5.41 Å². The summed E-state index contributed by atoms with van der Waals surface area (Å²) in [6, 6.07) is 81.0. The minimum atomic E-state index is -0.606. The third kappa shape index (κ3) is 5.18. The van der Waals surface area contributed by atoms with Crippen molar-refractivity contribution in [3.63, 3.8) is 0 Å². The number of benzene rings is 9. The van der Waals surface area contributed by atoms with Gasteiger partial charge in [0.2, 0.25) is 0 Å². The third-order valence-corrected chi connectivity index (χ3v) is 11.7. The van der Waals surface area contributed by atoms with Crippen LogP contribution < -0.4 is 4.90 Å². The summed E-state index contributed by atoms with van der Waals surface area (Å²) >= 11 is 0. The Balaban J connectivity index is 1.29. The molecule has 11 rings (SSSR count). The van der Waals surface area contributed by atoms with Crippen LogP contribution >= 0.6 is 0 Å². The van der Waals surface area contributed by atoms with Crippen molar-refractivity contribution in [3.05, 3.63) is 247 Å². The summed E-state index contributed by atoms with van der Waals surface area (Å²) in [5.74, 6) is 0. The number of furan rings is 1. The second-order valence-corrected chi connectivity index (χ2v) is 14.8. The van der Waals surface area contributed by atoms with Crippen molar-refractivity contribution in [3.8, 4) is 33.4 Å². The maximum absolute atomic E-state index is 7.12. The summed E-state index contributed by atoms with van der Waals surface area (Å²) in [6.45, 7) is 0. The van der Waals surface area contributed by atoms with Gasteiger partial charge in [-0.05, 0) is 92.5 Å². The Morgan fingerprint density at radius 1 is 0.368 bits per heavy atom. The molecule has 1 heterocycles. The lowest BCUT2D eigenvalue weighted by molar-refractivity contribution is 0.666. The molecular formula is C55H37NO. The molecule has 0 bridgehead atoms. The van der Waals surface area contributed by atoms with E-state index in [1.54, 1.807) is 0 Å². The number of rotatable bonds is 7. The maximum Gasteiger partial charge on any atom is 0.137 e. The van der Waals surface area contributed by atoms with Gasteiger partial charge in [0.25, 0.3) is 0 Å². The highest BCUT2D eigenvalue weighted by Gasteiger charge is 2.48. The van der Waals surface area contributed by atoms with E-state index >= 15 is 0 Å². The Bertz CT molecular complexity index is 2990. The zero-order chi connectivity index (χ0) is 37.8. The van der Waals surface area contributed by atoms with Crippen LogP contribution in [-0.4, -0.2) is 0 Å². The van der Waals surface area contributed by atoms with Gasteiger partial charge >= 0.3 is 0 Å². The molecule has 0 radical (unpaired) electrons. The smallest absolute Gasteiger partial charge is 0.137 e. The summed E-state index contributed by atoms with van der Waals surface area (Å²) < 4.78 is 7.12. The first-order valence-electron chi connectivity index (χ1n) is 19.6. The fraction of sp³-hybridized carbons (Fsp3) is 0.0182. The van der Waals surface area contributed by atoms with Gasteiger partial charge in [0, 0.05) is 22.3 Å². The summed E-state index contributed by atoms with van der Waals surface area (Å²) in [4.78, 5) is 2.46. The van der Waals surface area contributed by atoms with Crippen LogP contribution in [0.1, 0.15) is 22.3 Å². The highest BCUT2D eigenvalue weighted by molar-refractivity contribution is 6.19. The normalized spacial score (nSPS) is 12.7. The Kier molecular flexibility index (Phi) is 7.75. The first-order chi connectivity index (χ1) is 28.3.